The number of H-pyrrole nitrogens is 1. The van der Waals surface area contributed by atoms with Crippen LogP contribution in [0.2, 0.25) is 0 Å². The first kappa shape index (κ1) is 18.0. The van der Waals surface area contributed by atoms with Gasteiger partial charge >= 0.3 is 0 Å². The van der Waals surface area contributed by atoms with Crippen LogP contribution in [0.15, 0.2) is 41.3 Å². The number of rotatable bonds is 4. The van der Waals surface area contributed by atoms with Crippen LogP contribution < -0.4 is 5.32 Å². The Hall–Kier alpha value is -3.09. The Kier molecular flexibility index (Phi) is 4.19. The van der Waals surface area contributed by atoms with Crippen LogP contribution in [0, 0.1) is 18.3 Å². The number of furan rings is 1. The maximum Gasteiger partial charge on any atom is 0.257 e. The fourth-order valence-electron chi connectivity index (χ4n) is 5.13. The number of nitrogens with zero attached hydrogens (tertiary/aromatic N) is 2. The number of carbonyl (C=O) groups excluding carboxylic acids is 2. The minimum absolute atomic E-state index is 0.0269. The minimum atomic E-state index is -0.0975. The van der Waals surface area contributed by atoms with Crippen LogP contribution in [0.3, 0.4) is 0 Å². The number of fused-ring (bicyclic) bond motifs is 2. The smallest absolute Gasteiger partial charge is 0.257 e. The molecule has 29 heavy (non-hydrogen) atoms. The van der Waals surface area contributed by atoms with Crippen LogP contribution in [0.5, 0.6) is 0 Å². The summed E-state index contributed by atoms with van der Waals surface area (Å²) < 4.78 is 5.31. The first-order chi connectivity index (χ1) is 14.1. The molecule has 3 aromatic heterocycles. The Morgan fingerprint density at radius 3 is 3.10 bits per heavy atom. The molecular weight excluding hydrogens is 368 g/mol. The molecule has 150 valence electrons. The molecular formula is C22H24N4O3. The van der Waals surface area contributed by atoms with Gasteiger partial charge in [0, 0.05) is 42.8 Å². The summed E-state index contributed by atoms with van der Waals surface area (Å²) in [5, 5.41) is 3.97. The highest BCUT2D eigenvalue weighted by molar-refractivity contribution is 6.05. The number of aromatic nitrogens is 2. The number of likely N-dealkylation sites (tertiary alicyclic amines) is 1. The summed E-state index contributed by atoms with van der Waals surface area (Å²) in [7, 11) is 0. The largest absolute Gasteiger partial charge is 0.469 e. The molecule has 1 saturated carbocycles. The van der Waals surface area contributed by atoms with E-state index in [2.05, 4.69) is 15.3 Å². The first-order valence-electron chi connectivity index (χ1n) is 10.1. The molecule has 2 atom stereocenters. The normalized spacial score (nSPS) is 23.5. The van der Waals surface area contributed by atoms with Crippen molar-refractivity contribution in [2.75, 3.05) is 19.6 Å². The standard InChI is InChI=1S/C22H24N4O3/c1-14-16(6-9-29-14)21(28)26-11-15-4-2-7-22(15,13-26)12-25-20(27)18-10-24-19-17(18)5-3-8-23-19/h3,5-6,8-10,15H,2,4,7,11-13H2,1H3,(H,23,24)(H,25,27)/t15-,22-/m0/s1. The molecule has 3 aromatic rings. The van der Waals surface area contributed by atoms with Gasteiger partial charge in [-0.15, -0.1) is 0 Å². The lowest BCUT2D eigenvalue weighted by atomic mass is 9.80. The van der Waals surface area contributed by atoms with Crippen molar-refractivity contribution < 1.29 is 14.0 Å². The van der Waals surface area contributed by atoms with Crippen LogP contribution >= 0.6 is 0 Å². The molecule has 1 aliphatic carbocycles. The van der Waals surface area contributed by atoms with Gasteiger partial charge in [0.25, 0.3) is 11.8 Å². The average molecular weight is 392 g/mol. The Balaban J connectivity index is 1.31. The molecule has 2 amide bonds. The number of aromatic amines is 1. The highest BCUT2D eigenvalue weighted by Gasteiger charge is 2.50. The molecule has 0 unspecified atom stereocenters. The highest BCUT2D eigenvalue weighted by Crippen LogP contribution is 2.48. The molecule has 7 nitrogen and oxygen atoms in total. The summed E-state index contributed by atoms with van der Waals surface area (Å²) in [6, 6.07) is 5.47. The molecule has 5 rings (SSSR count). The van der Waals surface area contributed by atoms with Crippen molar-refractivity contribution >= 4 is 22.8 Å². The lowest BCUT2D eigenvalue weighted by Crippen LogP contribution is -2.41. The molecule has 0 aromatic carbocycles. The van der Waals surface area contributed by atoms with Crippen LogP contribution in [0.25, 0.3) is 11.0 Å². The number of hydrogen-bond acceptors (Lipinski definition) is 4. The van der Waals surface area contributed by atoms with E-state index in [4.69, 9.17) is 4.42 Å². The zero-order valence-electron chi connectivity index (χ0n) is 16.4. The summed E-state index contributed by atoms with van der Waals surface area (Å²) in [5.74, 6) is 1.00. The van der Waals surface area contributed by atoms with E-state index in [-0.39, 0.29) is 17.2 Å². The van der Waals surface area contributed by atoms with E-state index in [1.54, 1.807) is 24.7 Å². The fraction of sp³-hybridized carbons (Fsp3) is 0.409. The van der Waals surface area contributed by atoms with Crippen molar-refractivity contribution in [3.8, 4) is 0 Å². The van der Waals surface area contributed by atoms with Gasteiger partial charge in [0.15, 0.2) is 0 Å². The lowest BCUT2D eigenvalue weighted by Gasteiger charge is -2.29. The average Bonchev–Trinajstić information content (AvgIpc) is 3.47. The van der Waals surface area contributed by atoms with Gasteiger partial charge in [-0.3, -0.25) is 9.59 Å². The zero-order valence-corrected chi connectivity index (χ0v) is 16.4. The summed E-state index contributed by atoms with van der Waals surface area (Å²) >= 11 is 0. The molecule has 2 N–H and O–H groups in total. The zero-order chi connectivity index (χ0) is 20.0. The van der Waals surface area contributed by atoms with Crippen molar-refractivity contribution in [2.45, 2.75) is 26.2 Å². The van der Waals surface area contributed by atoms with Gasteiger partial charge in [-0.1, -0.05) is 6.42 Å². The maximum absolute atomic E-state index is 12.9. The number of carbonyl (C=O) groups is 2. The van der Waals surface area contributed by atoms with Crippen molar-refractivity contribution in [3.63, 3.8) is 0 Å². The minimum Gasteiger partial charge on any atom is -0.469 e. The van der Waals surface area contributed by atoms with Crippen LogP contribution in [0.1, 0.15) is 45.7 Å². The topological polar surface area (TPSA) is 91.2 Å². The number of aryl methyl sites for hydroxylation is 1. The van der Waals surface area contributed by atoms with E-state index in [1.165, 1.54) is 0 Å². The quantitative estimate of drug-likeness (QED) is 0.714. The van der Waals surface area contributed by atoms with E-state index in [0.717, 1.165) is 31.2 Å². The Morgan fingerprint density at radius 1 is 1.38 bits per heavy atom. The second-order valence-corrected chi connectivity index (χ2v) is 8.31. The third-order valence-corrected chi connectivity index (χ3v) is 6.71. The summed E-state index contributed by atoms with van der Waals surface area (Å²) in [5.41, 5.74) is 1.91. The van der Waals surface area contributed by atoms with Gasteiger partial charge in [0.2, 0.25) is 0 Å². The maximum atomic E-state index is 12.9. The van der Waals surface area contributed by atoms with Crippen molar-refractivity contribution in [2.24, 2.45) is 11.3 Å². The molecule has 7 heteroatoms. The number of nitrogens with one attached hydrogen (secondary N) is 2. The van der Waals surface area contributed by atoms with Crippen molar-refractivity contribution in [1.82, 2.24) is 20.2 Å². The molecule has 2 aliphatic rings. The summed E-state index contributed by atoms with van der Waals surface area (Å²) in [6.07, 6.45) is 8.25. The van der Waals surface area contributed by atoms with E-state index < -0.39 is 0 Å². The van der Waals surface area contributed by atoms with E-state index >= 15 is 0 Å². The Bertz CT molecular complexity index is 1080. The second-order valence-electron chi connectivity index (χ2n) is 8.31. The van der Waals surface area contributed by atoms with Gasteiger partial charge in [-0.05, 0) is 43.9 Å². The van der Waals surface area contributed by atoms with Gasteiger partial charge in [0.05, 0.1) is 17.4 Å². The number of hydrogen-bond donors (Lipinski definition) is 2. The van der Waals surface area contributed by atoms with E-state index in [0.29, 0.717) is 41.5 Å². The van der Waals surface area contributed by atoms with Crippen LogP contribution in [-0.4, -0.2) is 46.3 Å². The lowest BCUT2D eigenvalue weighted by molar-refractivity contribution is 0.0765. The fourth-order valence-corrected chi connectivity index (χ4v) is 5.13. The monoisotopic (exact) mass is 392 g/mol. The molecule has 2 fully saturated rings. The Labute approximate surface area is 168 Å². The van der Waals surface area contributed by atoms with Gasteiger partial charge in [-0.2, -0.15) is 0 Å². The molecule has 1 aliphatic heterocycles. The summed E-state index contributed by atoms with van der Waals surface area (Å²) in [6.45, 7) is 3.82. The molecule has 0 spiro atoms. The molecule has 0 bridgehead atoms. The van der Waals surface area contributed by atoms with E-state index in [1.807, 2.05) is 24.0 Å². The summed E-state index contributed by atoms with van der Waals surface area (Å²) in [4.78, 5) is 35.0. The van der Waals surface area contributed by atoms with Crippen LogP contribution in [-0.2, 0) is 0 Å². The highest BCUT2D eigenvalue weighted by atomic mass is 16.3. The molecule has 4 heterocycles. The van der Waals surface area contributed by atoms with Gasteiger partial charge in [-0.25, -0.2) is 4.98 Å². The number of amides is 2. The van der Waals surface area contributed by atoms with Gasteiger partial charge in [0.1, 0.15) is 11.4 Å². The predicted molar refractivity (Wildman–Crippen MR) is 108 cm³/mol. The molecule has 1 saturated heterocycles. The van der Waals surface area contributed by atoms with Crippen LogP contribution in [0.4, 0.5) is 0 Å². The second kappa shape index (κ2) is 6.76. The first-order valence-corrected chi connectivity index (χ1v) is 10.1. The number of pyridine rings is 1. The SMILES string of the molecule is Cc1occc1C(=O)N1C[C@@H]2CCC[C@]2(CNC(=O)c2c[nH]c3ncccc23)C1. The molecule has 0 radical (unpaired) electrons. The van der Waals surface area contributed by atoms with Crippen molar-refractivity contribution in [1.29, 1.82) is 0 Å². The van der Waals surface area contributed by atoms with Gasteiger partial charge < -0.3 is 19.6 Å². The Morgan fingerprint density at radius 2 is 2.28 bits per heavy atom. The van der Waals surface area contributed by atoms with Crippen molar-refractivity contribution in [3.05, 3.63) is 53.7 Å². The predicted octanol–water partition coefficient (Wildman–Crippen LogP) is 3.14. The van der Waals surface area contributed by atoms with E-state index in [9.17, 15) is 9.59 Å². The third kappa shape index (κ3) is 2.92. The third-order valence-electron chi connectivity index (χ3n) is 6.71.